The minimum atomic E-state index is -0.663. The van der Waals surface area contributed by atoms with Crippen LogP contribution in [0, 0.1) is 0 Å². The summed E-state index contributed by atoms with van der Waals surface area (Å²) in [6.45, 7) is 4.11. The Bertz CT molecular complexity index is 456. The third-order valence-electron chi connectivity index (χ3n) is 4.49. The molecule has 0 saturated carbocycles. The third-order valence-corrected chi connectivity index (χ3v) is 4.49. The molecule has 0 bridgehead atoms. The van der Waals surface area contributed by atoms with Crippen molar-refractivity contribution in [2.24, 2.45) is 0 Å². The summed E-state index contributed by atoms with van der Waals surface area (Å²) in [6.07, 6.45) is 13.6. The van der Waals surface area contributed by atoms with Crippen molar-refractivity contribution in [3.8, 4) is 0 Å². The Balaban J connectivity index is 1.69. The summed E-state index contributed by atoms with van der Waals surface area (Å²) in [5.74, 6) is 0.618. The van der Waals surface area contributed by atoms with Crippen molar-refractivity contribution < 1.29 is 9.52 Å². The van der Waals surface area contributed by atoms with E-state index < -0.39 is 6.10 Å². The third kappa shape index (κ3) is 5.61. The number of rotatable bonds is 11. The fourth-order valence-corrected chi connectivity index (χ4v) is 3.17. The molecule has 0 radical (unpaired) electrons. The van der Waals surface area contributed by atoms with Gasteiger partial charge in [0.1, 0.15) is 5.76 Å². The summed E-state index contributed by atoms with van der Waals surface area (Å²) >= 11 is 0. The van der Waals surface area contributed by atoms with E-state index in [9.17, 15) is 5.11 Å². The fraction of sp³-hybridized carbons (Fsp3) is 0.684. The van der Waals surface area contributed by atoms with Crippen LogP contribution in [0.1, 0.15) is 70.2 Å². The van der Waals surface area contributed by atoms with E-state index in [1.165, 1.54) is 51.4 Å². The van der Waals surface area contributed by atoms with E-state index in [1.54, 1.807) is 6.26 Å². The Morgan fingerprint density at radius 3 is 2.48 bits per heavy atom. The molecule has 1 aliphatic rings. The van der Waals surface area contributed by atoms with Gasteiger partial charge in [-0.05, 0) is 18.6 Å². The van der Waals surface area contributed by atoms with Crippen LogP contribution < -0.4 is 0 Å². The highest BCUT2D eigenvalue weighted by atomic mass is 16.4. The number of nitrogens with zero attached hydrogens (tertiary/aromatic N) is 2. The van der Waals surface area contributed by atoms with Gasteiger partial charge in [-0.3, -0.25) is 0 Å². The molecule has 1 aromatic rings. The van der Waals surface area contributed by atoms with Crippen LogP contribution >= 0.6 is 0 Å². The molecule has 0 aromatic carbocycles. The van der Waals surface area contributed by atoms with Gasteiger partial charge in [0.05, 0.1) is 18.6 Å². The zero-order chi connectivity index (χ0) is 16.5. The van der Waals surface area contributed by atoms with Gasteiger partial charge in [-0.1, -0.05) is 51.9 Å². The van der Waals surface area contributed by atoms with Crippen LogP contribution in [0.2, 0.25) is 0 Å². The number of unbranched alkanes of at least 4 members (excludes halogenated alkanes) is 7. The molecule has 4 nitrogen and oxygen atoms in total. The minimum Gasteiger partial charge on any atom is -0.466 e. The van der Waals surface area contributed by atoms with E-state index in [1.807, 2.05) is 25.4 Å². The first-order valence-corrected chi connectivity index (χ1v) is 9.10. The lowest BCUT2D eigenvalue weighted by molar-refractivity contribution is 0.142. The Morgan fingerprint density at radius 1 is 1.13 bits per heavy atom. The second-order valence-electron chi connectivity index (χ2n) is 6.61. The molecule has 1 unspecified atom stereocenters. The Kier molecular flexibility index (Phi) is 7.53. The van der Waals surface area contributed by atoms with Crippen LogP contribution in [-0.4, -0.2) is 35.2 Å². The van der Waals surface area contributed by atoms with Gasteiger partial charge in [0.25, 0.3) is 0 Å². The Labute approximate surface area is 140 Å². The van der Waals surface area contributed by atoms with E-state index in [-0.39, 0.29) is 0 Å². The van der Waals surface area contributed by atoms with Crippen molar-refractivity contribution in [2.75, 3.05) is 20.3 Å². The van der Waals surface area contributed by atoms with E-state index in [0.29, 0.717) is 5.76 Å². The standard InChI is InChI=1S/C19H32N2O2/c1-3-4-5-6-7-8-9-10-13-21-16-20(2)15-17(21)19(22)18-12-11-14-23-18/h11-12,14-15,19,22H,3-10,13,16H2,1-2H3. The highest BCUT2D eigenvalue weighted by molar-refractivity contribution is 5.19. The molecule has 130 valence electrons. The van der Waals surface area contributed by atoms with E-state index >= 15 is 0 Å². The van der Waals surface area contributed by atoms with Gasteiger partial charge in [-0.2, -0.15) is 0 Å². The van der Waals surface area contributed by atoms with Crippen molar-refractivity contribution >= 4 is 0 Å². The molecule has 2 heterocycles. The number of aliphatic hydroxyl groups excluding tert-OH is 1. The summed E-state index contributed by atoms with van der Waals surface area (Å²) in [5.41, 5.74) is 0.949. The highest BCUT2D eigenvalue weighted by Crippen LogP contribution is 2.29. The Morgan fingerprint density at radius 2 is 1.83 bits per heavy atom. The second-order valence-corrected chi connectivity index (χ2v) is 6.61. The lowest BCUT2D eigenvalue weighted by Crippen LogP contribution is -2.28. The number of aliphatic hydroxyl groups is 1. The van der Waals surface area contributed by atoms with Gasteiger partial charge in [-0.25, -0.2) is 0 Å². The van der Waals surface area contributed by atoms with Gasteiger partial charge < -0.3 is 19.3 Å². The van der Waals surface area contributed by atoms with Crippen molar-refractivity contribution in [1.29, 1.82) is 0 Å². The van der Waals surface area contributed by atoms with Gasteiger partial charge in [-0.15, -0.1) is 0 Å². The number of furan rings is 1. The van der Waals surface area contributed by atoms with Crippen LogP contribution in [0.3, 0.4) is 0 Å². The van der Waals surface area contributed by atoms with Crippen molar-refractivity contribution in [1.82, 2.24) is 9.80 Å². The van der Waals surface area contributed by atoms with Crippen LogP contribution in [-0.2, 0) is 0 Å². The molecule has 1 N–H and O–H groups in total. The second kappa shape index (κ2) is 9.66. The number of hydrogen-bond acceptors (Lipinski definition) is 4. The molecule has 1 atom stereocenters. The maximum atomic E-state index is 10.5. The van der Waals surface area contributed by atoms with Gasteiger partial charge >= 0.3 is 0 Å². The van der Waals surface area contributed by atoms with Crippen molar-refractivity contribution in [2.45, 2.75) is 64.4 Å². The van der Waals surface area contributed by atoms with Gasteiger partial charge in [0, 0.05) is 19.8 Å². The average molecular weight is 320 g/mol. The largest absolute Gasteiger partial charge is 0.466 e. The van der Waals surface area contributed by atoms with E-state index in [0.717, 1.165) is 18.9 Å². The smallest absolute Gasteiger partial charge is 0.153 e. The van der Waals surface area contributed by atoms with Crippen LogP contribution in [0.5, 0.6) is 0 Å². The SMILES string of the molecule is CCCCCCCCCCN1CN(C)C=C1C(O)c1ccco1. The molecular weight excluding hydrogens is 288 g/mol. The summed E-state index contributed by atoms with van der Waals surface area (Å²) in [4.78, 5) is 4.39. The lowest BCUT2D eigenvalue weighted by atomic mass is 10.1. The van der Waals surface area contributed by atoms with Crippen molar-refractivity contribution in [3.05, 3.63) is 36.1 Å². The Hall–Kier alpha value is -1.42. The molecule has 4 heteroatoms. The molecule has 0 fully saturated rings. The molecule has 0 amide bonds. The molecule has 23 heavy (non-hydrogen) atoms. The first kappa shape index (κ1) is 17.9. The summed E-state index contributed by atoms with van der Waals surface area (Å²) in [6, 6.07) is 3.65. The summed E-state index contributed by atoms with van der Waals surface area (Å²) in [5, 5.41) is 10.5. The topological polar surface area (TPSA) is 39.9 Å². The van der Waals surface area contributed by atoms with E-state index in [4.69, 9.17) is 4.42 Å². The van der Waals surface area contributed by atoms with Crippen LogP contribution in [0.15, 0.2) is 34.7 Å². The van der Waals surface area contributed by atoms with Crippen molar-refractivity contribution in [3.63, 3.8) is 0 Å². The van der Waals surface area contributed by atoms with E-state index in [2.05, 4.69) is 16.7 Å². The molecule has 2 rings (SSSR count). The predicted molar refractivity (Wildman–Crippen MR) is 93.7 cm³/mol. The molecule has 0 spiro atoms. The molecule has 0 saturated heterocycles. The zero-order valence-electron chi connectivity index (χ0n) is 14.7. The van der Waals surface area contributed by atoms with Crippen LogP contribution in [0.4, 0.5) is 0 Å². The first-order valence-electron chi connectivity index (χ1n) is 9.10. The average Bonchev–Trinajstić information content (AvgIpc) is 3.19. The minimum absolute atomic E-state index is 0.618. The molecule has 1 aliphatic heterocycles. The van der Waals surface area contributed by atoms with Gasteiger partial charge in [0.15, 0.2) is 6.10 Å². The maximum absolute atomic E-state index is 10.5. The summed E-state index contributed by atoms with van der Waals surface area (Å²) < 4.78 is 5.35. The maximum Gasteiger partial charge on any atom is 0.153 e. The molecule has 1 aromatic heterocycles. The lowest BCUT2D eigenvalue weighted by Gasteiger charge is -2.24. The number of hydrogen-bond donors (Lipinski definition) is 1. The van der Waals surface area contributed by atoms with Crippen LogP contribution in [0.25, 0.3) is 0 Å². The quantitative estimate of drug-likeness (QED) is 0.609. The monoisotopic (exact) mass is 320 g/mol. The zero-order valence-corrected chi connectivity index (χ0v) is 14.7. The molecule has 0 aliphatic carbocycles. The highest BCUT2D eigenvalue weighted by Gasteiger charge is 2.26. The van der Waals surface area contributed by atoms with Gasteiger partial charge in [0.2, 0.25) is 0 Å². The fourth-order valence-electron chi connectivity index (χ4n) is 3.17. The predicted octanol–water partition coefficient (Wildman–Crippen LogP) is 4.50. The molecular formula is C19H32N2O2. The normalized spacial score (nSPS) is 16.0. The first-order chi connectivity index (χ1) is 11.2. The summed E-state index contributed by atoms with van der Waals surface area (Å²) in [7, 11) is 2.04.